The molecule has 1 aromatic heterocycles. The van der Waals surface area contributed by atoms with E-state index in [0.717, 1.165) is 22.4 Å². The first-order valence-corrected chi connectivity index (χ1v) is 8.10. The first-order valence-electron chi connectivity index (χ1n) is 7.11. The van der Waals surface area contributed by atoms with Crippen LogP contribution < -0.4 is 5.56 Å². The molecule has 0 radical (unpaired) electrons. The molecule has 0 bridgehead atoms. The number of nitrogens with zero attached hydrogens (tertiary/aromatic N) is 3. The van der Waals surface area contributed by atoms with Gasteiger partial charge in [-0.1, -0.05) is 36.0 Å². The summed E-state index contributed by atoms with van der Waals surface area (Å²) in [5, 5.41) is 9.04. The Balaban J connectivity index is 2.38. The van der Waals surface area contributed by atoms with Gasteiger partial charge in [0.2, 0.25) is 0 Å². The van der Waals surface area contributed by atoms with Gasteiger partial charge in [0.1, 0.15) is 0 Å². The average molecular weight is 361 g/mol. The van der Waals surface area contributed by atoms with Crippen LogP contribution in [-0.4, -0.2) is 15.3 Å². The molecule has 1 heterocycles. The van der Waals surface area contributed by atoms with Crippen LogP contribution in [0, 0.1) is 11.3 Å². The van der Waals surface area contributed by atoms with E-state index in [-0.39, 0.29) is 22.0 Å². The highest BCUT2D eigenvalue weighted by atomic mass is 32.2. The highest BCUT2D eigenvalue weighted by molar-refractivity contribution is 7.99. The summed E-state index contributed by atoms with van der Waals surface area (Å²) in [5.41, 5.74) is -1.48. The predicted octanol–water partition coefficient (Wildman–Crippen LogP) is 4.02. The zero-order valence-corrected chi connectivity index (χ0v) is 13.4. The number of fused-ring (bicyclic) bond motifs is 1. The molecule has 0 N–H and O–H groups in total. The number of para-hydroxylation sites is 2. The van der Waals surface area contributed by atoms with E-state index in [4.69, 9.17) is 5.26 Å². The second kappa shape index (κ2) is 6.61. The van der Waals surface area contributed by atoms with Gasteiger partial charge in [0, 0.05) is 0 Å². The van der Waals surface area contributed by atoms with Crippen molar-refractivity contribution in [2.45, 2.75) is 11.3 Å². The normalized spacial score (nSPS) is 11.4. The van der Waals surface area contributed by atoms with Gasteiger partial charge in [-0.25, -0.2) is 4.98 Å². The molecular weight excluding hydrogens is 351 g/mol. The SMILES string of the molecule is N#CCSc1nc2ccccc2c(=O)n1-c1ccccc1C(F)(F)F. The fourth-order valence-electron chi connectivity index (χ4n) is 2.43. The molecule has 8 heteroatoms. The molecule has 0 saturated heterocycles. The number of hydrogen-bond acceptors (Lipinski definition) is 4. The maximum Gasteiger partial charge on any atom is 0.418 e. The van der Waals surface area contributed by atoms with Gasteiger partial charge in [0.25, 0.3) is 5.56 Å². The summed E-state index contributed by atoms with van der Waals surface area (Å²) in [4.78, 5) is 17.1. The molecule has 2 aromatic carbocycles. The molecule has 0 unspecified atom stereocenters. The summed E-state index contributed by atoms with van der Waals surface area (Å²) >= 11 is 0.914. The van der Waals surface area contributed by atoms with Crippen LogP contribution in [0.25, 0.3) is 16.6 Å². The maximum absolute atomic E-state index is 13.4. The monoisotopic (exact) mass is 361 g/mol. The summed E-state index contributed by atoms with van der Waals surface area (Å²) in [6.07, 6.45) is -4.63. The molecule has 0 aliphatic heterocycles. The number of hydrogen-bond donors (Lipinski definition) is 0. The quantitative estimate of drug-likeness (QED) is 0.522. The number of nitriles is 1. The summed E-state index contributed by atoms with van der Waals surface area (Å²) in [5.74, 6) is -0.0427. The Hall–Kier alpha value is -2.79. The smallest absolute Gasteiger partial charge is 0.268 e. The summed E-state index contributed by atoms with van der Waals surface area (Å²) in [6, 6.07) is 13.1. The van der Waals surface area contributed by atoms with E-state index in [9.17, 15) is 18.0 Å². The molecule has 4 nitrogen and oxygen atoms in total. The zero-order valence-electron chi connectivity index (χ0n) is 12.6. The second-order valence-electron chi connectivity index (χ2n) is 5.01. The molecular formula is C17H10F3N3OS. The number of rotatable bonds is 3. The molecule has 0 amide bonds. The van der Waals surface area contributed by atoms with Gasteiger partial charge in [0.05, 0.1) is 34.0 Å². The summed E-state index contributed by atoms with van der Waals surface area (Å²) in [6.45, 7) is 0. The van der Waals surface area contributed by atoms with Crippen molar-refractivity contribution >= 4 is 22.7 Å². The molecule has 3 rings (SSSR count). The van der Waals surface area contributed by atoms with E-state index < -0.39 is 17.3 Å². The lowest BCUT2D eigenvalue weighted by Gasteiger charge is -2.17. The Kier molecular flexibility index (Phi) is 4.51. The second-order valence-corrected chi connectivity index (χ2v) is 5.96. The topological polar surface area (TPSA) is 58.7 Å². The van der Waals surface area contributed by atoms with Crippen molar-refractivity contribution in [2.75, 3.05) is 5.75 Å². The minimum atomic E-state index is -4.63. The molecule has 0 atom stereocenters. The van der Waals surface area contributed by atoms with E-state index >= 15 is 0 Å². The van der Waals surface area contributed by atoms with E-state index in [0.29, 0.717) is 5.52 Å². The number of benzene rings is 2. The lowest BCUT2D eigenvalue weighted by Crippen LogP contribution is -2.24. The van der Waals surface area contributed by atoms with E-state index in [2.05, 4.69) is 4.98 Å². The first-order chi connectivity index (χ1) is 11.9. The highest BCUT2D eigenvalue weighted by Crippen LogP contribution is 2.34. The Morgan fingerprint density at radius 3 is 2.52 bits per heavy atom. The van der Waals surface area contributed by atoms with Gasteiger partial charge in [0.15, 0.2) is 5.16 Å². The molecule has 0 fully saturated rings. The van der Waals surface area contributed by atoms with E-state index in [1.807, 2.05) is 6.07 Å². The number of alkyl halides is 3. The minimum absolute atomic E-state index is 0.0427. The fraction of sp³-hybridized carbons (Fsp3) is 0.118. The number of thioether (sulfide) groups is 1. The van der Waals surface area contributed by atoms with Crippen LogP contribution in [0.15, 0.2) is 58.5 Å². The Labute approximate surface area is 144 Å². The highest BCUT2D eigenvalue weighted by Gasteiger charge is 2.34. The first kappa shape index (κ1) is 17.0. The summed E-state index contributed by atoms with van der Waals surface area (Å²) < 4.78 is 41.0. The van der Waals surface area contributed by atoms with Gasteiger partial charge in [-0.3, -0.25) is 9.36 Å². The van der Waals surface area contributed by atoms with Crippen molar-refractivity contribution in [1.29, 1.82) is 5.26 Å². The van der Waals surface area contributed by atoms with Gasteiger partial charge in [-0.2, -0.15) is 18.4 Å². The average Bonchev–Trinajstić information content (AvgIpc) is 2.59. The third kappa shape index (κ3) is 3.23. The van der Waals surface area contributed by atoms with E-state index in [1.54, 1.807) is 18.2 Å². The van der Waals surface area contributed by atoms with Crippen LogP contribution in [0.1, 0.15) is 5.56 Å². The van der Waals surface area contributed by atoms with Crippen molar-refractivity contribution in [3.63, 3.8) is 0 Å². The zero-order chi connectivity index (χ0) is 18.0. The van der Waals surface area contributed by atoms with Crippen molar-refractivity contribution in [3.8, 4) is 11.8 Å². The van der Waals surface area contributed by atoms with Gasteiger partial charge >= 0.3 is 6.18 Å². The molecule has 0 aliphatic rings. The van der Waals surface area contributed by atoms with E-state index in [1.165, 1.54) is 24.3 Å². The third-order valence-corrected chi connectivity index (χ3v) is 4.27. The lowest BCUT2D eigenvalue weighted by atomic mass is 10.1. The Morgan fingerprint density at radius 1 is 1.12 bits per heavy atom. The van der Waals surface area contributed by atoms with Gasteiger partial charge < -0.3 is 0 Å². The molecule has 0 aliphatic carbocycles. The fourth-order valence-corrected chi connectivity index (χ4v) is 3.09. The van der Waals surface area contributed by atoms with Crippen LogP contribution in [-0.2, 0) is 6.18 Å². The van der Waals surface area contributed by atoms with Gasteiger partial charge in [-0.05, 0) is 24.3 Å². The molecule has 0 saturated carbocycles. The molecule has 126 valence electrons. The van der Waals surface area contributed by atoms with Crippen LogP contribution in [0.5, 0.6) is 0 Å². The van der Waals surface area contributed by atoms with Crippen LogP contribution in [0.3, 0.4) is 0 Å². The third-order valence-electron chi connectivity index (χ3n) is 3.46. The number of halogens is 3. The van der Waals surface area contributed by atoms with Crippen LogP contribution in [0.2, 0.25) is 0 Å². The minimum Gasteiger partial charge on any atom is -0.268 e. The molecule has 25 heavy (non-hydrogen) atoms. The van der Waals surface area contributed by atoms with Crippen molar-refractivity contribution in [3.05, 3.63) is 64.4 Å². The number of aromatic nitrogens is 2. The largest absolute Gasteiger partial charge is 0.418 e. The predicted molar refractivity (Wildman–Crippen MR) is 88.7 cm³/mol. The van der Waals surface area contributed by atoms with Crippen molar-refractivity contribution < 1.29 is 13.2 Å². The van der Waals surface area contributed by atoms with Crippen LogP contribution in [0.4, 0.5) is 13.2 Å². The van der Waals surface area contributed by atoms with Crippen molar-refractivity contribution in [2.24, 2.45) is 0 Å². The van der Waals surface area contributed by atoms with Crippen molar-refractivity contribution in [1.82, 2.24) is 9.55 Å². The van der Waals surface area contributed by atoms with Crippen LogP contribution >= 0.6 is 11.8 Å². The summed E-state index contributed by atoms with van der Waals surface area (Å²) in [7, 11) is 0. The Bertz CT molecular complexity index is 1040. The van der Waals surface area contributed by atoms with Gasteiger partial charge in [-0.15, -0.1) is 0 Å². The molecule has 0 spiro atoms. The lowest BCUT2D eigenvalue weighted by molar-refractivity contribution is -0.137. The molecule has 3 aromatic rings. The maximum atomic E-state index is 13.4. The Morgan fingerprint density at radius 2 is 1.80 bits per heavy atom. The standard InChI is InChI=1S/C17H10F3N3OS/c18-17(19,20)12-6-2-4-8-14(12)23-15(24)11-5-1-3-7-13(11)22-16(23)25-10-9-21/h1-8H,10H2.